The number of aromatic nitrogens is 1. The lowest BCUT2D eigenvalue weighted by Crippen LogP contribution is -1.95. The van der Waals surface area contributed by atoms with Gasteiger partial charge in [-0.15, -0.1) is 0 Å². The SMILES string of the molecule is C=Cc1[nH]cc(C(=O)O)c1/C=C\C.CC. The molecule has 0 fully saturated rings. The van der Waals surface area contributed by atoms with Gasteiger partial charge in [-0.25, -0.2) is 4.79 Å². The Kier molecular flexibility index (Phi) is 5.86. The van der Waals surface area contributed by atoms with E-state index >= 15 is 0 Å². The smallest absolute Gasteiger partial charge is 0.337 e. The zero-order valence-electron chi connectivity index (χ0n) is 9.37. The lowest BCUT2D eigenvalue weighted by molar-refractivity contribution is 0.0697. The van der Waals surface area contributed by atoms with Crippen LogP contribution in [-0.4, -0.2) is 16.1 Å². The summed E-state index contributed by atoms with van der Waals surface area (Å²) in [4.78, 5) is 13.6. The Bertz CT molecular complexity index is 362. The van der Waals surface area contributed by atoms with Gasteiger partial charge in [-0.05, 0) is 13.0 Å². The van der Waals surface area contributed by atoms with Crippen LogP contribution in [0.25, 0.3) is 12.2 Å². The molecule has 0 atom stereocenters. The van der Waals surface area contributed by atoms with Crippen molar-refractivity contribution in [3.63, 3.8) is 0 Å². The van der Waals surface area contributed by atoms with Gasteiger partial charge in [-0.1, -0.05) is 32.6 Å². The zero-order chi connectivity index (χ0) is 11.8. The largest absolute Gasteiger partial charge is 0.478 e. The average Bonchev–Trinajstić information content (AvgIpc) is 2.64. The van der Waals surface area contributed by atoms with Crippen molar-refractivity contribution in [3.05, 3.63) is 35.7 Å². The Labute approximate surface area is 90.1 Å². The van der Waals surface area contributed by atoms with E-state index in [2.05, 4.69) is 11.6 Å². The molecule has 0 saturated heterocycles. The molecule has 0 aliphatic carbocycles. The highest BCUT2D eigenvalue weighted by atomic mass is 16.4. The van der Waals surface area contributed by atoms with Crippen LogP contribution in [-0.2, 0) is 0 Å². The molecule has 15 heavy (non-hydrogen) atoms. The minimum Gasteiger partial charge on any atom is -0.478 e. The molecule has 3 nitrogen and oxygen atoms in total. The van der Waals surface area contributed by atoms with Crippen molar-refractivity contribution in [1.82, 2.24) is 4.98 Å². The third-order valence-corrected chi connectivity index (χ3v) is 1.72. The van der Waals surface area contributed by atoms with Gasteiger partial charge in [0.1, 0.15) is 0 Å². The van der Waals surface area contributed by atoms with Crippen LogP contribution < -0.4 is 0 Å². The quantitative estimate of drug-likeness (QED) is 0.797. The Balaban J connectivity index is 0.000000921. The summed E-state index contributed by atoms with van der Waals surface area (Å²) in [5, 5.41) is 8.81. The second-order valence-electron chi connectivity index (χ2n) is 2.54. The van der Waals surface area contributed by atoms with Gasteiger partial charge < -0.3 is 10.1 Å². The first kappa shape index (κ1) is 13.2. The van der Waals surface area contributed by atoms with Crippen LogP contribution in [0.5, 0.6) is 0 Å². The van der Waals surface area contributed by atoms with Gasteiger partial charge >= 0.3 is 5.97 Å². The standard InChI is InChI=1S/C10H11NO2.C2H6/c1-3-5-7-8(10(12)13)6-11-9(7)4-2;1-2/h3-6,11H,2H2,1H3,(H,12,13);1-2H3/b5-3-;. The van der Waals surface area contributed by atoms with Gasteiger partial charge in [-0.3, -0.25) is 0 Å². The van der Waals surface area contributed by atoms with Crippen LogP contribution in [0.1, 0.15) is 42.4 Å². The Morgan fingerprint density at radius 2 is 2.13 bits per heavy atom. The van der Waals surface area contributed by atoms with Gasteiger partial charge in [0.15, 0.2) is 0 Å². The number of hydrogen-bond donors (Lipinski definition) is 2. The fourth-order valence-corrected chi connectivity index (χ4v) is 1.14. The fourth-order valence-electron chi connectivity index (χ4n) is 1.14. The maximum absolute atomic E-state index is 10.7. The molecule has 0 aliphatic heterocycles. The van der Waals surface area contributed by atoms with E-state index in [0.29, 0.717) is 5.56 Å². The number of aromatic carboxylic acids is 1. The maximum Gasteiger partial charge on any atom is 0.337 e. The minimum atomic E-state index is -0.933. The second kappa shape index (κ2) is 6.65. The van der Waals surface area contributed by atoms with Gasteiger partial charge in [0.2, 0.25) is 0 Å². The molecule has 0 aliphatic rings. The van der Waals surface area contributed by atoms with Crippen LogP contribution in [0.15, 0.2) is 18.9 Å². The highest BCUT2D eigenvalue weighted by Gasteiger charge is 2.11. The first-order valence-corrected chi connectivity index (χ1v) is 4.90. The van der Waals surface area contributed by atoms with Crippen LogP contribution in [0.3, 0.4) is 0 Å². The molecule has 2 N–H and O–H groups in total. The van der Waals surface area contributed by atoms with Crippen LogP contribution in [0.2, 0.25) is 0 Å². The number of carboxylic acids is 1. The number of aromatic amines is 1. The van der Waals surface area contributed by atoms with E-state index in [-0.39, 0.29) is 5.56 Å². The van der Waals surface area contributed by atoms with Crippen LogP contribution >= 0.6 is 0 Å². The molecule has 0 unspecified atom stereocenters. The number of carbonyl (C=O) groups is 1. The lowest BCUT2D eigenvalue weighted by Gasteiger charge is -1.93. The molecule has 0 spiro atoms. The lowest BCUT2D eigenvalue weighted by atomic mass is 10.1. The summed E-state index contributed by atoms with van der Waals surface area (Å²) in [5.74, 6) is -0.933. The molecule has 0 bridgehead atoms. The Morgan fingerprint density at radius 1 is 1.53 bits per heavy atom. The first-order valence-electron chi connectivity index (χ1n) is 4.90. The van der Waals surface area contributed by atoms with Gasteiger partial charge in [0.25, 0.3) is 0 Å². The van der Waals surface area contributed by atoms with Crippen molar-refractivity contribution in [2.24, 2.45) is 0 Å². The number of rotatable bonds is 3. The number of H-pyrrole nitrogens is 1. The summed E-state index contributed by atoms with van der Waals surface area (Å²) in [7, 11) is 0. The predicted molar refractivity (Wildman–Crippen MR) is 63.9 cm³/mol. The normalized spacial score (nSPS) is 9.53. The van der Waals surface area contributed by atoms with Crippen molar-refractivity contribution in [1.29, 1.82) is 0 Å². The van der Waals surface area contributed by atoms with Crippen LogP contribution in [0.4, 0.5) is 0 Å². The van der Waals surface area contributed by atoms with Crippen molar-refractivity contribution in [3.8, 4) is 0 Å². The topological polar surface area (TPSA) is 53.1 Å². The number of allylic oxidation sites excluding steroid dienone is 1. The summed E-state index contributed by atoms with van der Waals surface area (Å²) in [5.41, 5.74) is 1.67. The van der Waals surface area contributed by atoms with Gasteiger partial charge in [-0.2, -0.15) is 0 Å². The molecule has 1 rings (SSSR count). The average molecular weight is 207 g/mol. The molecule has 0 aromatic carbocycles. The predicted octanol–water partition coefficient (Wildman–Crippen LogP) is 3.42. The third kappa shape index (κ3) is 3.13. The molecule has 0 radical (unpaired) electrons. The van der Waals surface area contributed by atoms with E-state index in [1.807, 2.05) is 20.8 Å². The summed E-state index contributed by atoms with van der Waals surface area (Å²) in [6.45, 7) is 9.43. The second-order valence-corrected chi connectivity index (χ2v) is 2.54. The molecule has 82 valence electrons. The Hall–Kier alpha value is -1.77. The van der Waals surface area contributed by atoms with Crippen molar-refractivity contribution in [2.75, 3.05) is 0 Å². The molecule has 1 heterocycles. The molecule has 0 saturated carbocycles. The van der Waals surface area contributed by atoms with Crippen molar-refractivity contribution in [2.45, 2.75) is 20.8 Å². The molecule has 1 aromatic rings. The summed E-state index contributed by atoms with van der Waals surface area (Å²) in [6.07, 6.45) is 6.61. The monoisotopic (exact) mass is 207 g/mol. The number of nitrogens with one attached hydrogen (secondary N) is 1. The molecule has 3 heteroatoms. The molecule has 0 amide bonds. The highest BCUT2D eigenvalue weighted by Crippen LogP contribution is 2.17. The maximum atomic E-state index is 10.7. The van der Waals surface area contributed by atoms with E-state index < -0.39 is 5.97 Å². The minimum absolute atomic E-state index is 0.271. The summed E-state index contributed by atoms with van der Waals surface area (Å²) >= 11 is 0. The van der Waals surface area contributed by atoms with E-state index in [1.54, 1.807) is 18.2 Å². The van der Waals surface area contributed by atoms with E-state index in [1.165, 1.54) is 6.20 Å². The fraction of sp³-hybridized carbons (Fsp3) is 0.250. The van der Waals surface area contributed by atoms with Gasteiger partial charge in [0, 0.05) is 17.5 Å². The number of carboxylic acid groups (broad SMARTS) is 1. The highest BCUT2D eigenvalue weighted by molar-refractivity contribution is 5.93. The Morgan fingerprint density at radius 3 is 2.53 bits per heavy atom. The molecule has 1 aromatic heterocycles. The van der Waals surface area contributed by atoms with Crippen molar-refractivity contribution >= 4 is 18.1 Å². The molecular weight excluding hydrogens is 190 g/mol. The van der Waals surface area contributed by atoms with Gasteiger partial charge in [0.05, 0.1) is 5.56 Å². The third-order valence-electron chi connectivity index (χ3n) is 1.72. The van der Waals surface area contributed by atoms with E-state index in [9.17, 15) is 4.79 Å². The summed E-state index contributed by atoms with van der Waals surface area (Å²) in [6, 6.07) is 0. The van der Waals surface area contributed by atoms with Crippen LogP contribution in [0, 0.1) is 0 Å². The zero-order valence-corrected chi connectivity index (χ0v) is 9.37. The van der Waals surface area contributed by atoms with E-state index in [0.717, 1.165) is 5.69 Å². The number of hydrogen-bond acceptors (Lipinski definition) is 1. The van der Waals surface area contributed by atoms with E-state index in [4.69, 9.17) is 5.11 Å². The molecular formula is C12H17NO2. The van der Waals surface area contributed by atoms with Crippen molar-refractivity contribution < 1.29 is 9.90 Å². The summed E-state index contributed by atoms with van der Waals surface area (Å²) < 4.78 is 0. The first-order chi connectivity index (χ1) is 7.20.